The van der Waals surface area contributed by atoms with Crippen molar-refractivity contribution in [3.05, 3.63) is 11.6 Å². The van der Waals surface area contributed by atoms with Gasteiger partial charge in [0.1, 0.15) is 0 Å². The van der Waals surface area contributed by atoms with Crippen LogP contribution >= 0.6 is 0 Å². The van der Waals surface area contributed by atoms with Crippen LogP contribution < -0.4 is 10.8 Å². The molecular weight excluding hydrogens is 316 g/mol. The van der Waals surface area contributed by atoms with Gasteiger partial charge in [-0.1, -0.05) is 19.9 Å². The summed E-state index contributed by atoms with van der Waals surface area (Å²) in [6, 6.07) is 0.336. The van der Waals surface area contributed by atoms with E-state index in [9.17, 15) is 9.59 Å². The smallest absolute Gasteiger partial charge is 0.352 e. The summed E-state index contributed by atoms with van der Waals surface area (Å²) in [6.07, 6.45) is 9.21. The van der Waals surface area contributed by atoms with Gasteiger partial charge < -0.3 is 10.2 Å². The van der Waals surface area contributed by atoms with Crippen molar-refractivity contribution in [1.82, 2.24) is 10.8 Å². The highest BCUT2D eigenvalue weighted by Crippen LogP contribution is 2.64. The van der Waals surface area contributed by atoms with Crippen molar-refractivity contribution in [2.75, 3.05) is 7.05 Å². The van der Waals surface area contributed by atoms with Crippen LogP contribution in [0.5, 0.6) is 0 Å². The molecule has 138 valence electrons. The summed E-state index contributed by atoms with van der Waals surface area (Å²) >= 11 is 0. The first kappa shape index (κ1) is 17.1. The van der Waals surface area contributed by atoms with Crippen LogP contribution in [0.2, 0.25) is 0 Å². The first-order valence-corrected chi connectivity index (χ1v) is 9.78. The fraction of sp³-hybridized carbons (Fsp3) is 0.800. The number of amides is 1. The van der Waals surface area contributed by atoms with Crippen LogP contribution in [0.1, 0.15) is 58.8 Å². The molecule has 2 N–H and O–H groups in total. The molecule has 1 unspecified atom stereocenters. The number of hydrogen-bond acceptors (Lipinski definition) is 4. The Hall–Kier alpha value is -1.36. The lowest BCUT2D eigenvalue weighted by Crippen LogP contribution is -2.61. The number of piperidine rings is 1. The Morgan fingerprint density at radius 2 is 2.04 bits per heavy atom. The first-order chi connectivity index (χ1) is 11.9. The lowest BCUT2D eigenvalue weighted by Gasteiger charge is -2.59. The molecular formula is C20H30N2O3. The van der Waals surface area contributed by atoms with E-state index >= 15 is 0 Å². The van der Waals surface area contributed by atoms with Gasteiger partial charge >= 0.3 is 5.97 Å². The van der Waals surface area contributed by atoms with Gasteiger partial charge in [0.05, 0.1) is 0 Å². The Bertz CT molecular complexity index is 630. The van der Waals surface area contributed by atoms with Gasteiger partial charge in [0.2, 0.25) is 5.91 Å². The van der Waals surface area contributed by atoms with Crippen molar-refractivity contribution in [2.24, 2.45) is 28.6 Å². The molecule has 25 heavy (non-hydrogen) atoms. The fourth-order valence-corrected chi connectivity index (χ4v) is 6.73. The van der Waals surface area contributed by atoms with Crippen molar-refractivity contribution in [3.63, 3.8) is 0 Å². The number of nitrogens with one attached hydrogen (secondary N) is 2. The molecule has 1 saturated heterocycles. The SMILES string of the molecule is CNOC(=O)C1=CC[C@H]2[C@@H]3CCC4NC(=O)CC[C@]4(C)[C@H]3CC[C@]12C. The summed E-state index contributed by atoms with van der Waals surface area (Å²) in [4.78, 5) is 29.3. The highest BCUT2D eigenvalue weighted by Gasteiger charge is 2.59. The predicted molar refractivity (Wildman–Crippen MR) is 94.2 cm³/mol. The molecule has 5 heteroatoms. The number of carbonyl (C=O) groups excluding carboxylic acids is 2. The number of hydrogen-bond donors (Lipinski definition) is 2. The third-order valence-electron chi connectivity index (χ3n) is 8.09. The maximum Gasteiger partial charge on any atom is 0.352 e. The van der Waals surface area contributed by atoms with Crippen molar-refractivity contribution in [1.29, 1.82) is 0 Å². The van der Waals surface area contributed by atoms with Gasteiger partial charge in [0.15, 0.2) is 0 Å². The standard InChI is InChI=1S/C20H30N2O3/c1-19-10-8-14-12(13(19)5-6-15(19)18(24)25-21-3)4-7-16-20(14,2)11-9-17(23)22-16/h6,12-14,16,21H,4-5,7-11H2,1-3H3,(H,22,23)/t12-,13-,14-,16?,19-,20+/m0/s1. The number of rotatable bonds is 2. The van der Waals surface area contributed by atoms with E-state index in [2.05, 4.69) is 30.7 Å². The van der Waals surface area contributed by atoms with Crippen LogP contribution in [0.3, 0.4) is 0 Å². The molecule has 0 bridgehead atoms. The van der Waals surface area contributed by atoms with E-state index in [1.807, 2.05) is 0 Å². The van der Waals surface area contributed by atoms with Crippen molar-refractivity contribution < 1.29 is 14.4 Å². The zero-order valence-corrected chi connectivity index (χ0v) is 15.6. The minimum absolute atomic E-state index is 0.0593. The normalized spacial score (nSPS) is 45.6. The summed E-state index contributed by atoms with van der Waals surface area (Å²) in [7, 11) is 1.63. The molecule has 1 amide bonds. The lowest BCUT2D eigenvalue weighted by molar-refractivity contribution is -0.149. The molecule has 0 aromatic rings. The summed E-state index contributed by atoms with van der Waals surface area (Å²) in [5.41, 5.74) is 3.56. The third-order valence-corrected chi connectivity index (χ3v) is 8.09. The van der Waals surface area contributed by atoms with Crippen molar-refractivity contribution >= 4 is 11.9 Å². The highest BCUT2D eigenvalue weighted by molar-refractivity contribution is 5.90. The largest absolute Gasteiger partial charge is 0.367 e. The van der Waals surface area contributed by atoms with Crippen LogP contribution in [0.15, 0.2) is 11.6 Å². The van der Waals surface area contributed by atoms with Gasteiger partial charge in [-0.25, -0.2) is 4.79 Å². The molecule has 5 nitrogen and oxygen atoms in total. The van der Waals surface area contributed by atoms with Gasteiger partial charge in [-0.2, -0.15) is 5.48 Å². The van der Waals surface area contributed by atoms with Crippen LogP contribution in [-0.2, 0) is 14.4 Å². The lowest BCUT2D eigenvalue weighted by atomic mass is 9.47. The van der Waals surface area contributed by atoms with E-state index in [0.717, 1.165) is 44.1 Å². The molecule has 1 aliphatic heterocycles. The molecule has 0 aromatic heterocycles. The minimum Gasteiger partial charge on any atom is -0.367 e. The van der Waals surface area contributed by atoms with Crippen molar-refractivity contribution in [2.45, 2.75) is 64.8 Å². The molecule has 0 radical (unpaired) electrons. The second kappa shape index (κ2) is 5.83. The Morgan fingerprint density at radius 1 is 1.24 bits per heavy atom. The number of allylic oxidation sites excluding steroid dienone is 1. The topological polar surface area (TPSA) is 67.4 Å². The summed E-state index contributed by atoms with van der Waals surface area (Å²) < 4.78 is 0. The average Bonchev–Trinajstić information content (AvgIpc) is 2.93. The van der Waals surface area contributed by atoms with Crippen LogP contribution in [0.4, 0.5) is 0 Å². The van der Waals surface area contributed by atoms with Gasteiger partial charge in [-0.3, -0.25) is 4.79 Å². The quantitative estimate of drug-likeness (QED) is 0.755. The van der Waals surface area contributed by atoms with Crippen LogP contribution in [-0.4, -0.2) is 25.0 Å². The van der Waals surface area contributed by atoms with Crippen LogP contribution in [0.25, 0.3) is 0 Å². The highest BCUT2D eigenvalue weighted by atomic mass is 16.7. The molecule has 2 saturated carbocycles. The van der Waals surface area contributed by atoms with Crippen molar-refractivity contribution in [3.8, 4) is 0 Å². The predicted octanol–water partition coefficient (Wildman–Crippen LogP) is 2.72. The monoisotopic (exact) mass is 346 g/mol. The first-order valence-electron chi connectivity index (χ1n) is 9.78. The Kier molecular flexibility index (Phi) is 3.98. The van der Waals surface area contributed by atoms with Gasteiger partial charge in [-0.05, 0) is 61.7 Å². The van der Waals surface area contributed by atoms with E-state index in [-0.39, 0.29) is 22.7 Å². The molecule has 0 aromatic carbocycles. The maximum absolute atomic E-state index is 12.4. The van der Waals surface area contributed by atoms with Crippen LogP contribution in [0, 0.1) is 28.6 Å². The van der Waals surface area contributed by atoms with E-state index < -0.39 is 0 Å². The molecule has 6 atom stereocenters. The van der Waals surface area contributed by atoms with Gasteiger partial charge in [0, 0.05) is 30.5 Å². The van der Waals surface area contributed by atoms with Gasteiger partial charge in [0.25, 0.3) is 0 Å². The third kappa shape index (κ3) is 2.38. The van der Waals surface area contributed by atoms with Gasteiger partial charge in [-0.15, -0.1) is 0 Å². The summed E-state index contributed by atoms with van der Waals surface area (Å²) in [5, 5.41) is 3.27. The molecule has 4 rings (SSSR count). The minimum atomic E-state index is -0.212. The average molecular weight is 346 g/mol. The second-order valence-electron chi connectivity index (χ2n) is 8.98. The zero-order valence-electron chi connectivity index (χ0n) is 15.6. The zero-order chi connectivity index (χ0) is 17.8. The fourth-order valence-electron chi connectivity index (χ4n) is 6.73. The Balaban J connectivity index is 1.59. The van der Waals surface area contributed by atoms with E-state index in [0.29, 0.717) is 30.2 Å². The number of carbonyl (C=O) groups is 2. The molecule has 3 fully saturated rings. The van der Waals surface area contributed by atoms with E-state index in [1.165, 1.54) is 0 Å². The molecule has 0 spiro atoms. The summed E-state index contributed by atoms with van der Waals surface area (Å²) in [6.45, 7) is 4.66. The van der Waals surface area contributed by atoms with E-state index in [1.54, 1.807) is 7.05 Å². The number of hydroxylamine groups is 1. The molecule has 3 aliphatic carbocycles. The summed E-state index contributed by atoms with van der Waals surface area (Å²) in [5.74, 6) is 1.84. The number of fused-ring (bicyclic) bond motifs is 5. The molecule has 1 heterocycles. The Morgan fingerprint density at radius 3 is 2.80 bits per heavy atom. The second-order valence-corrected chi connectivity index (χ2v) is 8.98. The van der Waals surface area contributed by atoms with E-state index in [4.69, 9.17) is 4.84 Å². The maximum atomic E-state index is 12.4. The molecule has 4 aliphatic rings. The Labute approximate surface area is 149 Å².